The van der Waals surface area contributed by atoms with E-state index in [1.807, 2.05) is 11.8 Å². The van der Waals surface area contributed by atoms with Crippen LogP contribution in [0.15, 0.2) is 4.99 Å². The third-order valence-corrected chi connectivity index (χ3v) is 3.17. The van der Waals surface area contributed by atoms with E-state index < -0.39 is 0 Å². The fourth-order valence-electron chi connectivity index (χ4n) is 1.10. The lowest BCUT2D eigenvalue weighted by Crippen LogP contribution is -2.27. The van der Waals surface area contributed by atoms with Gasteiger partial charge in [-0.05, 0) is 20.3 Å². The minimum atomic E-state index is 0.277. The molecule has 1 rings (SSSR count). The highest BCUT2D eigenvalue weighted by molar-refractivity contribution is 8.02. The topological polar surface area (TPSA) is 12.4 Å². The molecule has 2 heteroatoms. The summed E-state index contributed by atoms with van der Waals surface area (Å²) in [5.74, 6) is 0. The summed E-state index contributed by atoms with van der Waals surface area (Å²) in [4.78, 5) is 4.34. The Morgan fingerprint density at radius 3 is 2.80 bits per heavy atom. The first kappa shape index (κ1) is 8.12. The molecular formula is C8H15NS. The molecule has 0 saturated carbocycles. The molecule has 1 aliphatic rings. The maximum absolute atomic E-state index is 4.34. The summed E-state index contributed by atoms with van der Waals surface area (Å²) in [6.45, 7) is 7.70. The van der Waals surface area contributed by atoms with Crippen molar-refractivity contribution in [2.24, 2.45) is 4.99 Å². The summed E-state index contributed by atoms with van der Waals surface area (Å²) in [6, 6.07) is 0. The minimum absolute atomic E-state index is 0.277. The van der Waals surface area contributed by atoms with Crippen molar-refractivity contribution in [3.63, 3.8) is 0 Å². The van der Waals surface area contributed by atoms with Crippen LogP contribution in [0, 0.1) is 0 Å². The molecular weight excluding hydrogens is 142 g/mol. The number of aliphatic imine (C=N–C) groups is 1. The Balaban J connectivity index is 2.54. The molecule has 0 N–H and O–H groups in total. The molecule has 1 aliphatic heterocycles. The molecule has 1 unspecified atom stereocenters. The fourth-order valence-corrected chi connectivity index (χ4v) is 2.42. The van der Waals surface area contributed by atoms with E-state index in [0.717, 1.165) is 11.8 Å². The number of nitrogens with zero attached hydrogens (tertiary/aromatic N) is 1. The van der Waals surface area contributed by atoms with E-state index in [1.165, 1.54) is 6.42 Å². The van der Waals surface area contributed by atoms with Crippen molar-refractivity contribution >= 4 is 18.0 Å². The third kappa shape index (κ3) is 2.01. The monoisotopic (exact) mass is 157 g/mol. The van der Waals surface area contributed by atoms with Gasteiger partial charge in [-0.15, -0.1) is 11.8 Å². The second-order valence-electron chi connectivity index (χ2n) is 3.25. The zero-order valence-electron chi connectivity index (χ0n) is 6.92. The van der Waals surface area contributed by atoms with E-state index in [0.29, 0.717) is 0 Å². The number of thioether (sulfide) groups is 1. The summed E-state index contributed by atoms with van der Waals surface area (Å²) < 4.78 is 0.277. The van der Waals surface area contributed by atoms with Crippen LogP contribution in [-0.4, -0.2) is 22.8 Å². The maximum Gasteiger partial charge on any atom is 0.0505 e. The highest BCUT2D eigenvalue weighted by Crippen LogP contribution is 2.31. The molecule has 0 spiro atoms. The average Bonchev–Trinajstić information content (AvgIpc) is 1.86. The molecule has 0 aromatic heterocycles. The summed E-state index contributed by atoms with van der Waals surface area (Å²) in [5, 5.41) is 0.750. The zero-order valence-corrected chi connectivity index (χ0v) is 7.74. The van der Waals surface area contributed by atoms with Crippen LogP contribution in [0.2, 0.25) is 0 Å². The summed E-state index contributed by atoms with van der Waals surface area (Å²) >= 11 is 2.04. The Labute approximate surface area is 67.3 Å². The van der Waals surface area contributed by atoms with Gasteiger partial charge >= 0.3 is 0 Å². The third-order valence-electron chi connectivity index (χ3n) is 1.64. The van der Waals surface area contributed by atoms with Crippen LogP contribution in [-0.2, 0) is 0 Å². The predicted molar refractivity (Wildman–Crippen MR) is 49.1 cm³/mol. The van der Waals surface area contributed by atoms with Gasteiger partial charge in [-0.1, -0.05) is 6.92 Å². The van der Waals surface area contributed by atoms with Gasteiger partial charge in [-0.3, -0.25) is 4.99 Å². The number of hydrogen-bond acceptors (Lipinski definition) is 2. The van der Waals surface area contributed by atoms with Crippen LogP contribution >= 0.6 is 11.8 Å². The van der Waals surface area contributed by atoms with Gasteiger partial charge in [-0.25, -0.2) is 0 Å². The van der Waals surface area contributed by atoms with E-state index >= 15 is 0 Å². The second-order valence-corrected chi connectivity index (χ2v) is 5.20. The fraction of sp³-hybridized carbons (Fsp3) is 0.875. The zero-order chi connectivity index (χ0) is 7.61. The van der Waals surface area contributed by atoms with E-state index in [4.69, 9.17) is 0 Å². The lowest BCUT2D eigenvalue weighted by atomic mass is 10.2. The summed E-state index contributed by atoms with van der Waals surface area (Å²) in [5.41, 5.74) is 0. The van der Waals surface area contributed by atoms with E-state index in [9.17, 15) is 0 Å². The Morgan fingerprint density at radius 1 is 1.70 bits per heavy atom. The van der Waals surface area contributed by atoms with Crippen LogP contribution < -0.4 is 0 Å². The van der Waals surface area contributed by atoms with Gasteiger partial charge in [0.15, 0.2) is 0 Å². The van der Waals surface area contributed by atoms with Gasteiger partial charge in [0.05, 0.1) is 6.54 Å². The van der Waals surface area contributed by atoms with E-state index in [2.05, 4.69) is 32.0 Å². The first-order valence-electron chi connectivity index (χ1n) is 3.83. The molecule has 0 aliphatic carbocycles. The minimum Gasteiger partial charge on any atom is -0.295 e. The van der Waals surface area contributed by atoms with Crippen LogP contribution in [0.1, 0.15) is 27.2 Å². The predicted octanol–water partition coefficient (Wildman–Crippen LogP) is 2.36. The quantitative estimate of drug-likeness (QED) is 0.569. The Bertz CT molecular complexity index is 140. The van der Waals surface area contributed by atoms with Crippen molar-refractivity contribution in [2.75, 3.05) is 6.54 Å². The van der Waals surface area contributed by atoms with Crippen molar-refractivity contribution < 1.29 is 0 Å². The SMILES string of the molecule is CCC1CN=CC(C)(C)S1. The van der Waals surface area contributed by atoms with Crippen molar-refractivity contribution in [1.29, 1.82) is 0 Å². The van der Waals surface area contributed by atoms with E-state index in [-0.39, 0.29) is 4.75 Å². The molecule has 10 heavy (non-hydrogen) atoms. The normalized spacial score (nSPS) is 30.5. The van der Waals surface area contributed by atoms with Crippen molar-refractivity contribution in [1.82, 2.24) is 0 Å². The van der Waals surface area contributed by atoms with Gasteiger partial charge in [0.2, 0.25) is 0 Å². The molecule has 0 amide bonds. The number of hydrogen-bond donors (Lipinski definition) is 0. The molecule has 1 nitrogen and oxygen atoms in total. The first-order chi connectivity index (χ1) is 4.64. The summed E-state index contributed by atoms with van der Waals surface area (Å²) in [7, 11) is 0. The van der Waals surface area contributed by atoms with Gasteiger partial charge in [0.1, 0.15) is 0 Å². The highest BCUT2D eigenvalue weighted by Gasteiger charge is 2.23. The second kappa shape index (κ2) is 2.95. The molecule has 0 aromatic rings. The van der Waals surface area contributed by atoms with Crippen LogP contribution in [0.5, 0.6) is 0 Å². The van der Waals surface area contributed by atoms with Gasteiger partial charge in [0, 0.05) is 16.2 Å². The van der Waals surface area contributed by atoms with Gasteiger partial charge < -0.3 is 0 Å². The molecule has 58 valence electrons. The lowest BCUT2D eigenvalue weighted by Gasteiger charge is -2.28. The standard InChI is InChI=1S/C8H15NS/c1-4-7-5-9-6-8(2,3)10-7/h6-7H,4-5H2,1-3H3. The average molecular weight is 157 g/mol. The Kier molecular flexibility index (Phi) is 2.40. The molecule has 1 heterocycles. The molecule has 0 fully saturated rings. The van der Waals surface area contributed by atoms with Crippen LogP contribution in [0.25, 0.3) is 0 Å². The molecule has 0 bridgehead atoms. The van der Waals surface area contributed by atoms with Crippen LogP contribution in [0.3, 0.4) is 0 Å². The van der Waals surface area contributed by atoms with Gasteiger partial charge in [0.25, 0.3) is 0 Å². The highest BCUT2D eigenvalue weighted by atomic mass is 32.2. The molecule has 0 radical (unpaired) electrons. The smallest absolute Gasteiger partial charge is 0.0505 e. The van der Waals surface area contributed by atoms with Gasteiger partial charge in [-0.2, -0.15) is 0 Å². The Morgan fingerprint density at radius 2 is 2.40 bits per heavy atom. The Hall–Kier alpha value is 0.0200. The largest absolute Gasteiger partial charge is 0.295 e. The van der Waals surface area contributed by atoms with Crippen molar-refractivity contribution in [3.05, 3.63) is 0 Å². The summed E-state index contributed by atoms with van der Waals surface area (Å²) in [6.07, 6.45) is 3.31. The first-order valence-corrected chi connectivity index (χ1v) is 4.71. The van der Waals surface area contributed by atoms with Crippen molar-refractivity contribution in [3.8, 4) is 0 Å². The van der Waals surface area contributed by atoms with E-state index in [1.54, 1.807) is 0 Å². The maximum atomic E-state index is 4.34. The number of rotatable bonds is 1. The van der Waals surface area contributed by atoms with Crippen molar-refractivity contribution in [2.45, 2.75) is 37.2 Å². The van der Waals surface area contributed by atoms with Crippen LogP contribution in [0.4, 0.5) is 0 Å². The molecule has 0 aromatic carbocycles. The molecule has 0 saturated heterocycles. The molecule has 1 atom stereocenters. The lowest BCUT2D eigenvalue weighted by molar-refractivity contribution is 0.789.